The van der Waals surface area contributed by atoms with E-state index < -0.39 is 6.10 Å². The van der Waals surface area contributed by atoms with Crippen LogP contribution in [0.25, 0.3) is 0 Å². The van der Waals surface area contributed by atoms with Crippen LogP contribution in [-0.4, -0.2) is 18.8 Å². The summed E-state index contributed by atoms with van der Waals surface area (Å²) in [7, 11) is 1.62. The zero-order chi connectivity index (χ0) is 9.68. The number of aliphatic hydroxyl groups excluding tert-OH is 1. The lowest BCUT2D eigenvalue weighted by Crippen LogP contribution is -2.06. The number of hydrogen-bond donors (Lipinski definition) is 2. The van der Waals surface area contributed by atoms with Gasteiger partial charge in [0.05, 0.1) is 13.2 Å². The molecule has 0 radical (unpaired) electrons. The molecule has 0 heterocycles. The highest BCUT2D eigenvalue weighted by molar-refractivity contribution is 5.28. The van der Waals surface area contributed by atoms with Gasteiger partial charge < -0.3 is 15.6 Å². The second-order valence-electron chi connectivity index (χ2n) is 2.87. The molecular weight excluding hydrogens is 166 g/mol. The van der Waals surface area contributed by atoms with Gasteiger partial charge in [-0.2, -0.15) is 0 Å². The molecule has 0 aromatic heterocycles. The molecule has 0 bridgehead atoms. The first-order chi connectivity index (χ1) is 6.27. The molecule has 1 unspecified atom stereocenters. The minimum absolute atomic E-state index is 0.462. The fourth-order valence-electron chi connectivity index (χ4n) is 1.15. The van der Waals surface area contributed by atoms with Gasteiger partial charge in [-0.3, -0.25) is 0 Å². The van der Waals surface area contributed by atoms with Gasteiger partial charge in [0.1, 0.15) is 5.75 Å². The number of nitrogens with two attached hydrogens (primary N) is 1. The van der Waals surface area contributed by atoms with Crippen LogP contribution in [0.1, 0.15) is 18.1 Å². The molecule has 0 spiro atoms. The van der Waals surface area contributed by atoms with Crippen LogP contribution in [0.15, 0.2) is 24.3 Å². The summed E-state index contributed by atoms with van der Waals surface area (Å²) in [5.41, 5.74) is 6.22. The summed E-state index contributed by atoms with van der Waals surface area (Å²) in [6.07, 6.45) is 0.127. The van der Waals surface area contributed by atoms with Gasteiger partial charge in [-0.1, -0.05) is 12.1 Å². The summed E-state index contributed by atoms with van der Waals surface area (Å²) in [6, 6.07) is 7.35. The summed E-state index contributed by atoms with van der Waals surface area (Å²) in [5, 5.41) is 9.56. The molecule has 1 rings (SSSR count). The maximum absolute atomic E-state index is 9.56. The molecule has 1 atom stereocenters. The topological polar surface area (TPSA) is 55.5 Å². The van der Waals surface area contributed by atoms with Crippen molar-refractivity contribution in [2.75, 3.05) is 13.7 Å². The monoisotopic (exact) mass is 181 g/mol. The van der Waals surface area contributed by atoms with Crippen molar-refractivity contribution in [3.8, 4) is 5.75 Å². The van der Waals surface area contributed by atoms with E-state index in [1.54, 1.807) is 7.11 Å². The molecule has 0 amide bonds. The van der Waals surface area contributed by atoms with E-state index in [0.29, 0.717) is 13.0 Å². The molecule has 13 heavy (non-hydrogen) atoms. The van der Waals surface area contributed by atoms with Crippen LogP contribution in [0.4, 0.5) is 0 Å². The van der Waals surface area contributed by atoms with Gasteiger partial charge in [-0.05, 0) is 30.7 Å². The number of ether oxygens (including phenoxy) is 1. The summed E-state index contributed by atoms with van der Waals surface area (Å²) >= 11 is 0. The molecule has 0 aliphatic heterocycles. The summed E-state index contributed by atoms with van der Waals surface area (Å²) in [5.74, 6) is 0.795. The van der Waals surface area contributed by atoms with Gasteiger partial charge in [0.2, 0.25) is 0 Å². The highest BCUT2D eigenvalue weighted by atomic mass is 16.5. The van der Waals surface area contributed by atoms with Gasteiger partial charge in [0, 0.05) is 0 Å². The number of benzene rings is 1. The van der Waals surface area contributed by atoms with Crippen molar-refractivity contribution in [3.63, 3.8) is 0 Å². The lowest BCUT2D eigenvalue weighted by molar-refractivity contribution is 0.170. The smallest absolute Gasteiger partial charge is 0.118 e. The highest BCUT2D eigenvalue weighted by Gasteiger charge is 2.05. The molecule has 3 nitrogen and oxygen atoms in total. The van der Waals surface area contributed by atoms with Crippen LogP contribution in [-0.2, 0) is 0 Å². The molecule has 0 fully saturated rings. The first-order valence-corrected chi connectivity index (χ1v) is 4.30. The van der Waals surface area contributed by atoms with Gasteiger partial charge in [0.15, 0.2) is 0 Å². The molecule has 0 saturated heterocycles. The maximum atomic E-state index is 9.56. The Labute approximate surface area is 78.1 Å². The van der Waals surface area contributed by atoms with E-state index in [-0.39, 0.29) is 0 Å². The van der Waals surface area contributed by atoms with E-state index >= 15 is 0 Å². The van der Waals surface area contributed by atoms with Gasteiger partial charge in [-0.25, -0.2) is 0 Å². The molecule has 1 aromatic rings. The van der Waals surface area contributed by atoms with E-state index in [9.17, 15) is 5.11 Å². The Bertz CT molecular complexity index is 246. The second-order valence-corrected chi connectivity index (χ2v) is 2.87. The lowest BCUT2D eigenvalue weighted by Gasteiger charge is -2.09. The van der Waals surface area contributed by atoms with Crippen molar-refractivity contribution in [2.24, 2.45) is 5.73 Å². The van der Waals surface area contributed by atoms with Crippen LogP contribution in [0.2, 0.25) is 0 Å². The minimum Gasteiger partial charge on any atom is -0.497 e. The van der Waals surface area contributed by atoms with E-state index in [1.165, 1.54) is 0 Å². The molecule has 0 aliphatic carbocycles. The van der Waals surface area contributed by atoms with Crippen molar-refractivity contribution in [1.82, 2.24) is 0 Å². The van der Waals surface area contributed by atoms with Gasteiger partial charge >= 0.3 is 0 Å². The molecule has 3 heteroatoms. The third kappa shape index (κ3) is 2.72. The summed E-state index contributed by atoms with van der Waals surface area (Å²) in [6.45, 7) is 0.493. The predicted molar refractivity (Wildman–Crippen MR) is 51.6 cm³/mol. The normalized spacial score (nSPS) is 12.5. The fourth-order valence-corrected chi connectivity index (χ4v) is 1.15. The quantitative estimate of drug-likeness (QED) is 0.730. The van der Waals surface area contributed by atoms with Crippen LogP contribution in [0.3, 0.4) is 0 Å². The van der Waals surface area contributed by atoms with Crippen molar-refractivity contribution in [1.29, 1.82) is 0 Å². The molecule has 1 aromatic carbocycles. The first-order valence-electron chi connectivity index (χ1n) is 4.30. The molecule has 0 saturated carbocycles. The first kappa shape index (κ1) is 10.0. The van der Waals surface area contributed by atoms with Crippen LogP contribution in [0.5, 0.6) is 5.75 Å². The lowest BCUT2D eigenvalue weighted by atomic mass is 10.1. The second kappa shape index (κ2) is 4.84. The number of rotatable bonds is 4. The standard InChI is InChI=1S/C10H15NO2/c1-13-9-4-2-8(3-5-9)10(12)6-7-11/h2-5,10,12H,6-7,11H2,1H3. The number of hydrogen-bond acceptors (Lipinski definition) is 3. The number of methoxy groups -OCH3 is 1. The van der Waals surface area contributed by atoms with Crippen molar-refractivity contribution < 1.29 is 9.84 Å². The van der Waals surface area contributed by atoms with E-state index in [4.69, 9.17) is 10.5 Å². The predicted octanol–water partition coefficient (Wildman–Crippen LogP) is 1.08. The van der Waals surface area contributed by atoms with Gasteiger partial charge in [-0.15, -0.1) is 0 Å². The average Bonchev–Trinajstić information content (AvgIpc) is 2.18. The molecular formula is C10H15NO2. The Morgan fingerprint density at radius 2 is 2.00 bits per heavy atom. The Hall–Kier alpha value is -1.06. The zero-order valence-corrected chi connectivity index (χ0v) is 7.73. The molecule has 72 valence electrons. The van der Waals surface area contributed by atoms with Crippen LogP contribution >= 0.6 is 0 Å². The highest BCUT2D eigenvalue weighted by Crippen LogP contribution is 2.19. The largest absolute Gasteiger partial charge is 0.497 e. The number of aliphatic hydroxyl groups is 1. The van der Waals surface area contributed by atoms with Crippen molar-refractivity contribution in [2.45, 2.75) is 12.5 Å². The molecule has 0 aliphatic rings. The maximum Gasteiger partial charge on any atom is 0.118 e. The Morgan fingerprint density at radius 1 is 1.38 bits per heavy atom. The van der Waals surface area contributed by atoms with Crippen molar-refractivity contribution in [3.05, 3.63) is 29.8 Å². The third-order valence-electron chi connectivity index (χ3n) is 1.94. The van der Waals surface area contributed by atoms with E-state index in [1.807, 2.05) is 24.3 Å². The summed E-state index contributed by atoms with van der Waals surface area (Å²) in [4.78, 5) is 0. The minimum atomic E-state index is -0.462. The SMILES string of the molecule is COc1ccc(C(O)CCN)cc1. The van der Waals surface area contributed by atoms with Crippen LogP contribution < -0.4 is 10.5 Å². The van der Waals surface area contributed by atoms with Crippen LogP contribution in [0, 0.1) is 0 Å². The van der Waals surface area contributed by atoms with Crippen molar-refractivity contribution >= 4 is 0 Å². The van der Waals surface area contributed by atoms with E-state index in [2.05, 4.69) is 0 Å². The molecule has 3 N–H and O–H groups in total. The fraction of sp³-hybridized carbons (Fsp3) is 0.400. The zero-order valence-electron chi connectivity index (χ0n) is 7.73. The van der Waals surface area contributed by atoms with E-state index in [0.717, 1.165) is 11.3 Å². The summed E-state index contributed by atoms with van der Waals surface area (Å²) < 4.78 is 5.00. The third-order valence-corrected chi connectivity index (χ3v) is 1.94. The Kier molecular flexibility index (Phi) is 3.73. The Balaban J connectivity index is 2.67. The Morgan fingerprint density at radius 3 is 2.46 bits per heavy atom. The van der Waals surface area contributed by atoms with Gasteiger partial charge in [0.25, 0.3) is 0 Å². The average molecular weight is 181 g/mol.